The number of anilines is 1. The number of hydrogen-bond acceptors (Lipinski definition) is 5. The number of rotatable bonds is 4. The first kappa shape index (κ1) is 19.1. The van der Waals surface area contributed by atoms with Crippen molar-refractivity contribution in [2.75, 3.05) is 24.5 Å². The van der Waals surface area contributed by atoms with Gasteiger partial charge in [0.1, 0.15) is 6.04 Å². The zero-order valence-corrected chi connectivity index (χ0v) is 17.7. The van der Waals surface area contributed by atoms with E-state index in [2.05, 4.69) is 21.3 Å². The molecule has 1 aromatic rings. The third-order valence-electron chi connectivity index (χ3n) is 7.17. The number of thiazole rings is 1. The van der Waals surface area contributed by atoms with Crippen molar-refractivity contribution in [2.24, 2.45) is 11.8 Å². The molecule has 1 N–H and O–H groups in total. The van der Waals surface area contributed by atoms with Crippen LogP contribution in [0.4, 0.5) is 5.13 Å². The summed E-state index contributed by atoms with van der Waals surface area (Å²) in [6.07, 6.45) is 12.4. The van der Waals surface area contributed by atoms with Crippen molar-refractivity contribution in [2.45, 2.75) is 63.5 Å². The van der Waals surface area contributed by atoms with E-state index in [4.69, 9.17) is 0 Å². The molecule has 1 aromatic heterocycles. The number of nitrogens with one attached hydrogen (secondary N) is 1. The minimum absolute atomic E-state index is 0.0427. The van der Waals surface area contributed by atoms with Crippen LogP contribution in [0.1, 0.15) is 51.4 Å². The number of piperidine rings is 3. The monoisotopic (exact) mass is 414 g/mol. The summed E-state index contributed by atoms with van der Waals surface area (Å²) < 4.78 is 0. The minimum atomic E-state index is -0.337. The number of fused-ring (bicyclic) bond motifs is 4. The molecule has 3 aliphatic heterocycles. The van der Waals surface area contributed by atoms with Gasteiger partial charge < -0.3 is 15.1 Å². The Bertz CT molecular complexity index is 793. The van der Waals surface area contributed by atoms with Crippen LogP contribution in [-0.4, -0.2) is 53.4 Å². The van der Waals surface area contributed by atoms with Crippen molar-refractivity contribution in [3.63, 3.8) is 0 Å². The Morgan fingerprint density at radius 1 is 1.21 bits per heavy atom. The van der Waals surface area contributed by atoms with Crippen LogP contribution in [0.25, 0.3) is 0 Å². The molecular weight excluding hydrogens is 384 g/mol. The van der Waals surface area contributed by atoms with Crippen LogP contribution in [-0.2, 0) is 9.59 Å². The Kier molecular flexibility index (Phi) is 5.33. The van der Waals surface area contributed by atoms with E-state index in [1.54, 1.807) is 11.3 Å². The zero-order chi connectivity index (χ0) is 19.8. The first-order valence-corrected chi connectivity index (χ1v) is 12.0. The number of nitrogens with zero attached hydrogens (tertiary/aromatic N) is 3. The number of amides is 2. The van der Waals surface area contributed by atoms with E-state index in [1.165, 1.54) is 18.4 Å². The minimum Gasteiger partial charge on any atom is -0.351 e. The molecule has 4 aliphatic rings. The quantitative estimate of drug-likeness (QED) is 0.770. The first-order chi connectivity index (χ1) is 14.2. The van der Waals surface area contributed by atoms with Crippen LogP contribution >= 0.6 is 11.3 Å². The maximum absolute atomic E-state index is 13.4. The summed E-state index contributed by atoms with van der Waals surface area (Å²) >= 11 is 1.66. The Labute approximate surface area is 176 Å². The van der Waals surface area contributed by atoms with Gasteiger partial charge in [-0.1, -0.05) is 11.6 Å². The molecule has 2 amide bonds. The molecule has 4 heterocycles. The topological polar surface area (TPSA) is 65.5 Å². The van der Waals surface area contributed by atoms with Crippen molar-refractivity contribution in [1.82, 2.24) is 15.2 Å². The number of allylic oxidation sites excluding steroid dienone is 1. The number of hydrogen-bond donors (Lipinski definition) is 1. The van der Waals surface area contributed by atoms with Crippen LogP contribution in [0.3, 0.4) is 0 Å². The highest BCUT2D eigenvalue weighted by molar-refractivity contribution is 7.13. The molecule has 0 aromatic carbocycles. The van der Waals surface area contributed by atoms with Gasteiger partial charge in [0.2, 0.25) is 11.8 Å². The van der Waals surface area contributed by atoms with Gasteiger partial charge in [-0.2, -0.15) is 0 Å². The lowest BCUT2D eigenvalue weighted by Crippen LogP contribution is -2.68. The van der Waals surface area contributed by atoms with Crippen LogP contribution in [0.15, 0.2) is 23.2 Å². The van der Waals surface area contributed by atoms with Gasteiger partial charge in [0, 0.05) is 49.6 Å². The maximum atomic E-state index is 13.4. The van der Waals surface area contributed by atoms with Crippen LogP contribution in [0.2, 0.25) is 0 Å². The van der Waals surface area contributed by atoms with Gasteiger partial charge in [0.05, 0.1) is 0 Å². The fourth-order valence-corrected chi connectivity index (χ4v) is 6.56. The molecule has 156 valence electrons. The molecule has 0 radical (unpaired) electrons. The molecule has 0 spiro atoms. The summed E-state index contributed by atoms with van der Waals surface area (Å²) in [4.78, 5) is 35.1. The predicted molar refractivity (Wildman–Crippen MR) is 114 cm³/mol. The highest BCUT2D eigenvalue weighted by Gasteiger charge is 2.52. The number of aromatic nitrogens is 1. The lowest BCUT2D eigenvalue weighted by atomic mass is 9.72. The van der Waals surface area contributed by atoms with E-state index < -0.39 is 0 Å². The first-order valence-electron chi connectivity index (χ1n) is 11.1. The van der Waals surface area contributed by atoms with E-state index in [1.807, 2.05) is 16.5 Å². The summed E-state index contributed by atoms with van der Waals surface area (Å²) in [5.41, 5.74) is 1.34. The van der Waals surface area contributed by atoms with Crippen molar-refractivity contribution in [3.05, 3.63) is 23.2 Å². The zero-order valence-electron chi connectivity index (χ0n) is 16.9. The molecule has 3 fully saturated rings. The molecule has 29 heavy (non-hydrogen) atoms. The maximum Gasteiger partial charge on any atom is 0.243 e. The van der Waals surface area contributed by atoms with Crippen LogP contribution in [0.5, 0.6) is 0 Å². The predicted octanol–water partition coefficient (Wildman–Crippen LogP) is 2.97. The Hall–Kier alpha value is -1.89. The largest absolute Gasteiger partial charge is 0.351 e. The fourth-order valence-electron chi connectivity index (χ4n) is 5.89. The van der Waals surface area contributed by atoms with Crippen LogP contribution < -0.4 is 10.2 Å². The summed E-state index contributed by atoms with van der Waals surface area (Å²) in [5.74, 6) is 0.833. The van der Waals surface area contributed by atoms with E-state index in [9.17, 15) is 9.59 Å². The van der Waals surface area contributed by atoms with Crippen molar-refractivity contribution in [3.8, 4) is 0 Å². The summed E-state index contributed by atoms with van der Waals surface area (Å²) in [6, 6.07) is -0.143. The van der Waals surface area contributed by atoms with E-state index >= 15 is 0 Å². The van der Waals surface area contributed by atoms with Crippen molar-refractivity contribution in [1.29, 1.82) is 0 Å². The molecule has 4 atom stereocenters. The SMILES string of the molecule is O=C(NCC1=CCCCC1)[C@H]1[C@H]2C[C@H](CN(c3nccs3)C2)[C@@H]2CCCC(=O)N21. The lowest BCUT2D eigenvalue weighted by molar-refractivity contribution is -0.156. The third-order valence-corrected chi connectivity index (χ3v) is 8.01. The fraction of sp³-hybridized carbons (Fsp3) is 0.682. The average molecular weight is 415 g/mol. The highest BCUT2D eigenvalue weighted by atomic mass is 32.1. The smallest absolute Gasteiger partial charge is 0.243 e. The normalized spacial score (nSPS) is 31.9. The molecule has 2 bridgehead atoms. The molecular formula is C22H30N4O2S. The van der Waals surface area contributed by atoms with Gasteiger partial charge in [0.15, 0.2) is 5.13 Å². The second-order valence-corrected chi connectivity index (χ2v) is 9.88. The standard InChI is InChI=1S/C22H30N4O2S/c27-19-8-4-7-18-16-11-17(14-25(13-16)22-23-9-10-29-22)20(26(18)19)21(28)24-12-15-5-2-1-3-6-15/h5,9-10,16-18,20H,1-4,6-8,11-14H2,(H,24,28)/t16-,17+,18+,20-/m1/s1. The second kappa shape index (κ2) is 8.09. The summed E-state index contributed by atoms with van der Waals surface area (Å²) in [7, 11) is 0. The van der Waals surface area contributed by atoms with Gasteiger partial charge in [-0.05, 0) is 50.9 Å². The molecule has 1 aliphatic carbocycles. The second-order valence-electron chi connectivity index (χ2n) is 9.01. The van der Waals surface area contributed by atoms with Crippen molar-refractivity contribution < 1.29 is 9.59 Å². The summed E-state index contributed by atoms with van der Waals surface area (Å²) in [6.45, 7) is 2.38. The van der Waals surface area contributed by atoms with E-state index in [-0.39, 0.29) is 29.8 Å². The Morgan fingerprint density at radius 2 is 2.10 bits per heavy atom. The van der Waals surface area contributed by atoms with Gasteiger partial charge in [-0.25, -0.2) is 4.98 Å². The van der Waals surface area contributed by atoms with E-state index in [0.29, 0.717) is 18.9 Å². The van der Waals surface area contributed by atoms with Gasteiger partial charge in [-0.15, -0.1) is 11.3 Å². The van der Waals surface area contributed by atoms with E-state index in [0.717, 1.165) is 50.3 Å². The lowest BCUT2D eigenvalue weighted by Gasteiger charge is -2.55. The molecule has 7 heteroatoms. The van der Waals surface area contributed by atoms with Gasteiger partial charge in [-0.3, -0.25) is 9.59 Å². The molecule has 0 unspecified atom stereocenters. The molecule has 5 rings (SSSR count). The number of carbonyl (C=O) groups is 2. The van der Waals surface area contributed by atoms with Gasteiger partial charge in [0.25, 0.3) is 0 Å². The van der Waals surface area contributed by atoms with Crippen LogP contribution in [0, 0.1) is 11.8 Å². The highest BCUT2D eigenvalue weighted by Crippen LogP contribution is 2.43. The Morgan fingerprint density at radius 3 is 2.90 bits per heavy atom. The Balaban J connectivity index is 1.37. The summed E-state index contributed by atoms with van der Waals surface area (Å²) in [5, 5.41) is 6.25. The molecule has 6 nitrogen and oxygen atoms in total. The molecule has 3 saturated heterocycles. The molecule has 0 saturated carbocycles. The number of carbonyl (C=O) groups excluding carboxylic acids is 2. The van der Waals surface area contributed by atoms with Crippen molar-refractivity contribution >= 4 is 28.3 Å². The third kappa shape index (κ3) is 3.69. The van der Waals surface area contributed by atoms with Gasteiger partial charge >= 0.3 is 0 Å². The average Bonchev–Trinajstić information content (AvgIpc) is 3.29.